The molecule has 3 heterocycles. The highest BCUT2D eigenvalue weighted by atomic mass is 32.2. The van der Waals surface area contributed by atoms with E-state index in [0.29, 0.717) is 49.4 Å². The van der Waals surface area contributed by atoms with Crippen LogP contribution in [0, 0.1) is 13.8 Å². The van der Waals surface area contributed by atoms with Crippen molar-refractivity contribution in [2.75, 3.05) is 37.9 Å². The number of aromatic nitrogens is 2. The molecule has 4 rings (SSSR count). The zero-order valence-electron chi connectivity index (χ0n) is 18.4. The van der Waals surface area contributed by atoms with E-state index in [9.17, 15) is 9.59 Å². The molecule has 9 heteroatoms. The molecule has 0 aliphatic carbocycles. The summed E-state index contributed by atoms with van der Waals surface area (Å²) >= 11 is 1.49. The lowest BCUT2D eigenvalue weighted by molar-refractivity contribution is -0.116. The molecule has 1 aliphatic rings. The first-order chi connectivity index (χ1) is 15.5. The highest BCUT2D eigenvalue weighted by Crippen LogP contribution is 2.32. The van der Waals surface area contributed by atoms with Crippen LogP contribution in [0.3, 0.4) is 0 Å². The molecule has 8 nitrogen and oxygen atoms in total. The molecule has 2 amide bonds. The van der Waals surface area contributed by atoms with Gasteiger partial charge in [-0.25, -0.2) is 9.97 Å². The Hall–Kier alpha value is -2.91. The third-order valence-corrected chi connectivity index (χ3v) is 6.08. The Morgan fingerprint density at radius 3 is 2.50 bits per heavy atom. The summed E-state index contributed by atoms with van der Waals surface area (Å²) in [4.78, 5) is 36.6. The van der Waals surface area contributed by atoms with Crippen LogP contribution in [0.25, 0.3) is 11.0 Å². The second-order valence-corrected chi connectivity index (χ2v) is 8.39. The highest BCUT2D eigenvalue weighted by Gasteiger charge is 2.27. The maximum atomic E-state index is 13.1. The second kappa shape index (κ2) is 9.70. The fourth-order valence-corrected chi connectivity index (χ4v) is 4.29. The Labute approximate surface area is 190 Å². The molecule has 1 saturated heterocycles. The van der Waals surface area contributed by atoms with Crippen LogP contribution in [-0.4, -0.2) is 59.2 Å². The minimum Gasteiger partial charge on any atom is -0.449 e. The first-order valence-corrected chi connectivity index (χ1v) is 11.8. The van der Waals surface area contributed by atoms with Crippen LogP contribution < -0.4 is 5.32 Å². The summed E-state index contributed by atoms with van der Waals surface area (Å²) in [7, 11) is 0. The number of hydrogen-bond acceptors (Lipinski definition) is 7. The maximum Gasteiger partial charge on any atom is 0.291 e. The second-order valence-electron chi connectivity index (χ2n) is 7.61. The van der Waals surface area contributed by atoms with Crippen LogP contribution in [0.5, 0.6) is 0 Å². The van der Waals surface area contributed by atoms with E-state index in [4.69, 9.17) is 9.15 Å². The van der Waals surface area contributed by atoms with Gasteiger partial charge in [0.05, 0.1) is 13.2 Å². The van der Waals surface area contributed by atoms with Crippen LogP contribution in [-0.2, 0) is 16.0 Å². The van der Waals surface area contributed by atoms with Gasteiger partial charge < -0.3 is 19.4 Å². The number of aryl methyl sites for hydroxylation is 2. The number of thioether (sulfide) groups is 1. The van der Waals surface area contributed by atoms with E-state index in [1.54, 1.807) is 11.0 Å². The Morgan fingerprint density at radius 1 is 1.12 bits per heavy atom. The van der Waals surface area contributed by atoms with Gasteiger partial charge in [-0.1, -0.05) is 23.9 Å². The number of carbonyl (C=O) groups is 2. The van der Waals surface area contributed by atoms with Crippen molar-refractivity contribution >= 4 is 40.2 Å². The van der Waals surface area contributed by atoms with Gasteiger partial charge in [0.25, 0.3) is 5.91 Å². The molecule has 0 atom stereocenters. The summed E-state index contributed by atoms with van der Waals surface area (Å²) in [5.41, 5.74) is 3.72. The minimum atomic E-state index is -0.243. The van der Waals surface area contributed by atoms with Crippen molar-refractivity contribution in [3.63, 3.8) is 0 Å². The number of nitrogens with zero attached hydrogens (tertiary/aromatic N) is 3. The summed E-state index contributed by atoms with van der Waals surface area (Å²) in [6, 6.07) is 7.32. The van der Waals surface area contributed by atoms with Crippen LogP contribution >= 0.6 is 11.8 Å². The Balaban J connectivity index is 1.54. The molecule has 0 radical (unpaired) electrons. The van der Waals surface area contributed by atoms with Crippen molar-refractivity contribution in [3.05, 3.63) is 47.0 Å². The van der Waals surface area contributed by atoms with Gasteiger partial charge in [0, 0.05) is 36.3 Å². The lowest BCUT2D eigenvalue weighted by Gasteiger charge is -2.26. The summed E-state index contributed by atoms with van der Waals surface area (Å²) in [5.74, 6) is -0.283. The zero-order valence-corrected chi connectivity index (χ0v) is 19.3. The van der Waals surface area contributed by atoms with E-state index < -0.39 is 0 Å². The van der Waals surface area contributed by atoms with Gasteiger partial charge in [0.1, 0.15) is 11.3 Å². The Kier molecular flexibility index (Phi) is 6.76. The Morgan fingerprint density at radius 2 is 1.81 bits per heavy atom. The topological polar surface area (TPSA) is 97.6 Å². The lowest BCUT2D eigenvalue weighted by atomic mass is 10.1. The summed E-state index contributed by atoms with van der Waals surface area (Å²) in [6.45, 7) is 5.84. The number of anilines is 1. The molecule has 0 bridgehead atoms. The van der Waals surface area contributed by atoms with E-state index in [1.165, 1.54) is 11.8 Å². The molecule has 3 aromatic rings. The van der Waals surface area contributed by atoms with E-state index in [1.807, 2.05) is 38.3 Å². The van der Waals surface area contributed by atoms with Crippen LogP contribution in [0.2, 0.25) is 0 Å². The van der Waals surface area contributed by atoms with Gasteiger partial charge in [0.15, 0.2) is 5.16 Å². The smallest absolute Gasteiger partial charge is 0.291 e. The average molecular weight is 455 g/mol. The lowest BCUT2D eigenvalue weighted by Crippen LogP contribution is -2.40. The molecule has 168 valence electrons. The van der Waals surface area contributed by atoms with E-state index in [-0.39, 0.29) is 24.0 Å². The number of furan rings is 1. The van der Waals surface area contributed by atoms with Crippen LogP contribution in [0.15, 0.2) is 33.8 Å². The zero-order chi connectivity index (χ0) is 22.7. The molecular formula is C23H26N4O4S. The van der Waals surface area contributed by atoms with Crippen molar-refractivity contribution < 1.29 is 18.7 Å². The number of nitrogens with one attached hydrogen (secondary N) is 1. The van der Waals surface area contributed by atoms with E-state index in [2.05, 4.69) is 15.3 Å². The number of benzene rings is 1. The van der Waals surface area contributed by atoms with Crippen LogP contribution in [0.1, 0.15) is 33.9 Å². The molecule has 1 N–H and O–H groups in total. The Bertz CT molecular complexity index is 1130. The summed E-state index contributed by atoms with van der Waals surface area (Å²) in [5, 5.41) is 4.36. The molecule has 0 unspecified atom stereocenters. The van der Waals surface area contributed by atoms with Gasteiger partial charge in [-0.15, -0.1) is 0 Å². The highest BCUT2D eigenvalue weighted by molar-refractivity contribution is 7.98. The number of amides is 2. The minimum absolute atomic E-state index is 0.154. The third-order valence-electron chi connectivity index (χ3n) is 5.54. The first-order valence-electron chi connectivity index (χ1n) is 10.5. The van der Waals surface area contributed by atoms with Crippen LogP contribution in [0.4, 0.5) is 5.69 Å². The molecule has 1 aliphatic heterocycles. The van der Waals surface area contributed by atoms with Crippen molar-refractivity contribution in [2.45, 2.75) is 31.8 Å². The largest absolute Gasteiger partial charge is 0.449 e. The SMILES string of the molecule is CSc1nc(C)c(CCC(=O)Nc2c(C(=O)N3CCOCC3)oc3ccccc23)c(C)n1. The number of para-hydroxylation sites is 1. The molecule has 0 spiro atoms. The van der Waals surface area contributed by atoms with Gasteiger partial charge in [-0.2, -0.15) is 0 Å². The molecule has 1 fully saturated rings. The predicted molar refractivity (Wildman–Crippen MR) is 123 cm³/mol. The fraction of sp³-hybridized carbons (Fsp3) is 0.391. The normalized spacial score (nSPS) is 14.0. The number of rotatable bonds is 6. The summed E-state index contributed by atoms with van der Waals surface area (Å²) < 4.78 is 11.2. The average Bonchev–Trinajstić information content (AvgIpc) is 3.16. The predicted octanol–water partition coefficient (Wildman–Crippen LogP) is 3.61. The molecule has 1 aromatic carbocycles. The standard InChI is InChI=1S/C23H26N4O4S/c1-14-16(15(2)25-23(24-14)32-3)8-9-19(28)26-20-17-6-4-5-7-18(17)31-21(20)22(29)27-10-12-30-13-11-27/h4-7H,8-13H2,1-3H3,(H,26,28). The summed E-state index contributed by atoms with van der Waals surface area (Å²) in [6.07, 6.45) is 2.70. The number of carbonyl (C=O) groups excluding carboxylic acids is 2. The number of fused-ring (bicyclic) bond motifs is 1. The quantitative estimate of drug-likeness (QED) is 0.449. The van der Waals surface area contributed by atoms with Gasteiger partial charge in [-0.05, 0) is 44.2 Å². The van der Waals surface area contributed by atoms with Crippen molar-refractivity contribution in [3.8, 4) is 0 Å². The van der Waals surface area contributed by atoms with E-state index in [0.717, 1.165) is 22.1 Å². The third kappa shape index (κ3) is 4.63. The fourth-order valence-electron chi connectivity index (χ4n) is 3.83. The van der Waals surface area contributed by atoms with Crippen molar-refractivity contribution in [2.24, 2.45) is 0 Å². The number of hydrogen-bond donors (Lipinski definition) is 1. The van der Waals surface area contributed by atoms with Crippen molar-refractivity contribution in [1.82, 2.24) is 14.9 Å². The maximum absolute atomic E-state index is 13.1. The number of morpholine rings is 1. The van der Waals surface area contributed by atoms with Crippen molar-refractivity contribution in [1.29, 1.82) is 0 Å². The molecule has 32 heavy (non-hydrogen) atoms. The molecular weight excluding hydrogens is 428 g/mol. The first kappa shape index (κ1) is 22.3. The van der Waals surface area contributed by atoms with Gasteiger partial charge >= 0.3 is 0 Å². The number of ether oxygens (including phenoxy) is 1. The van der Waals surface area contributed by atoms with Gasteiger partial charge in [-0.3, -0.25) is 9.59 Å². The van der Waals surface area contributed by atoms with Gasteiger partial charge in [0.2, 0.25) is 11.7 Å². The monoisotopic (exact) mass is 454 g/mol. The molecule has 0 saturated carbocycles. The molecule has 2 aromatic heterocycles. The van der Waals surface area contributed by atoms with E-state index >= 15 is 0 Å².